The molecule has 0 fully saturated rings. The molecule has 3 aromatic carbocycles. The van der Waals surface area contributed by atoms with E-state index in [4.69, 9.17) is 0 Å². The van der Waals surface area contributed by atoms with Crippen molar-refractivity contribution in [2.75, 3.05) is 0 Å². The van der Waals surface area contributed by atoms with Gasteiger partial charge in [-0.1, -0.05) is 60.7 Å². The average molecular weight is 359 g/mol. The van der Waals surface area contributed by atoms with Crippen LogP contribution in [0.5, 0.6) is 0 Å². The Morgan fingerprint density at radius 3 is 1.33 bits per heavy atom. The minimum Gasteiger partial charge on any atom is -0.208 e. The summed E-state index contributed by atoms with van der Waals surface area (Å²) >= 11 is 0. The fourth-order valence-corrected chi connectivity index (χ4v) is 2.71. The standard InChI is InChI=1S/C22H15F2N3/c1-14-18(23)12-17(13-19(14)24)22-26-20(15-8-4-2-5-9-15)25-21(27-22)16-10-6-3-7-11-16/h2-13H,1H3. The Hall–Kier alpha value is -3.47. The predicted octanol–water partition coefficient (Wildman–Crippen LogP) is 5.46. The van der Waals surface area contributed by atoms with Gasteiger partial charge in [-0.25, -0.2) is 23.7 Å². The Labute approximate surface area is 155 Å². The maximum Gasteiger partial charge on any atom is 0.164 e. The molecule has 27 heavy (non-hydrogen) atoms. The second-order valence-electron chi connectivity index (χ2n) is 6.10. The van der Waals surface area contributed by atoms with E-state index in [9.17, 15) is 8.78 Å². The molecule has 0 saturated heterocycles. The zero-order valence-corrected chi connectivity index (χ0v) is 14.5. The van der Waals surface area contributed by atoms with Gasteiger partial charge in [0, 0.05) is 22.3 Å². The average Bonchev–Trinajstić information content (AvgIpc) is 2.72. The number of hydrogen-bond donors (Lipinski definition) is 0. The van der Waals surface area contributed by atoms with Crippen molar-refractivity contribution in [2.24, 2.45) is 0 Å². The third-order valence-corrected chi connectivity index (χ3v) is 4.24. The molecule has 0 radical (unpaired) electrons. The van der Waals surface area contributed by atoms with Gasteiger partial charge in [0.2, 0.25) is 0 Å². The van der Waals surface area contributed by atoms with E-state index < -0.39 is 11.6 Å². The fourth-order valence-electron chi connectivity index (χ4n) is 2.71. The lowest BCUT2D eigenvalue weighted by molar-refractivity contribution is 0.568. The number of benzene rings is 3. The SMILES string of the molecule is Cc1c(F)cc(-c2nc(-c3ccccc3)nc(-c3ccccc3)n2)cc1F. The molecule has 0 N–H and O–H groups in total. The summed E-state index contributed by atoms with van der Waals surface area (Å²) in [6.45, 7) is 1.40. The normalized spacial score (nSPS) is 10.8. The third kappa shape index (κ3) is 3.44. The summed E-state index contributed by atoms with van der Waals surface area (Å²) in [6.07, 6.45) is 0. The Bertz CT molecular complexity index is 1020. The van der Waals surface area contributed by atoms with Crippen LogP contribution in [0.3, 0.4) is 0 Å². The largest absolute Gasteiger partial charge is 0.208 e. The van der Waals surface area contributed by atoms with Gasteiger partial charge in [-0.05, 0) is 19.1 Å². The van der Waals surface area contributed by atoms with Crippen LogP contribution in [0.4, 0.5) is 8.78 Å². The number of halogens is 2. The van der Waals surface area contributed by atoms with Crippen LogP contribution in [-0.2, 0) is 0 Å². The van der Waals surface area contributed by atoms with Gasteiger partial charge >= 0.3 is 0 Å². The highest BCUT2D eigenvalue weighted by molar-refractivity contribution is 5.66. The van der Waals surface area contributed by atoms with Crippen molar-refractivity contribution in [1.29, 1.82) is 0 Å². The first-order valence-electron chi connectivity index (χ1n) is 8.45. The highest BCUT2D eigenvalue weighted by atomic mass is 19.1. The molecule has 0 spiro atoms. The van der Waals surface area contributed by atoms with Gasteiger partial charge in [-0.15, -0.1) is 0 Å². The van der Waals surface area contributed by atoms with Crippen LogP contribution < -0.4 is 0 Å². The number of aromatic nitrogens is 3. The van der Waals surface area contributed by atoms with Crippen LogP contribution in [0.2, 0.25) is 0 Å². The number of nitrogens with zero attached hydrogens (tertiary/aromatic N) is 3. The van der Waals surface area contributed by atoms with Crippen molar-refractivity contribution < 1.29 is 8.78 Å². The van der Waals surface area contributed by atoms with Crippen LogP contribution in [0, 0.1) is 18.6 Å². The van der Waals surface area contributed by atoms with Crippen LogP contribution in [0.25, 0.3) is 34.2 Å². The number of hydrogen-bond acceptors (Lipinski definition) is 3. The topological polar surface area (TPSA) is 38.7 Å². The van der Waals surface area contributed by atoms with Gasteiger partial charge in [-0.3, -0.25) is 0 Å². The molecule has 0 bridgehead atoms. The summed E-state index contributed by atoms with van der Waals surface area (Å²) in [4.78, 5) is 13.5. The maximum absolute atomic E-state index is 14.1. The monoisotopic (exact) mass is 359 g/mol. The second kappa shape index (κ2) is 7.03. The summed E-state index contributed by atoms with van der Waals surface area (Å²) in [7, 11) is 0. The first kappa shape index (κ1) is 17.0. The quantitative estimate of drug-likeness (QED) is 0.488. The zero-order chi connectivity index (χ0) is 18.8. The Morgan fingerprint density at radius 1 is 0.556 bits per heavy atom. The van der Waals surface area contributed by atoms with E-state index in [1.165, 1.54) is 19.1 Å². The maximum atomic E-state index is 14.1. The molecule has 0 atom stereocenters. The summed E-state index contributed by atoms with van der Waals surface area (Å²) in [5, 5.41) is 0. The molecule has 0 aliphatic carbocycles. The molecule has 132 valence electrons. The summed E-state index contributed by atoms with van der Waals surface area (Å²) in [5.74, 6) is -0.150. The van der Waals surface area contributed by atoms with E-state index in [0.717, 1.165) is 11.1 Å². The summed E-state index contributed by atoms with van der Waals surface area (Å²) in [6, 6.07) is 21.3. The number of rotatable bonds is 3. The lowest BCUT2D eigenvalue weighted by Gasteiger charge is -2.09. The second-order valence-corrected chi connectivity index (χ2v) is 6.10. The third-order valence-electron chi connectivity index (χ3n) is 4.24. The van der Waals surface area contributed by atoms with Crippen molar-refractivity contribution in [3.05, 3.63) is 90.0 Å². The molecule has 0 saturated carbocycles. The van der Waals surface area contributed by atoms with Crippen molar-refractivity contribution in [3.8, 4) is 34.2 Å². The Morgan fingerprint density at radius 2 is 0.926 bits per heavy atom. The van der Waals surface area contributed by atoms with Crippen molar-refractivity contribution >= 4 is 0 Å². The van der Waals surface area contributed by atoms with E-state index in [-0.39, 0.29) is 17.0 Å². The molecular formula is C22H15F2N3. The van der Waals surface area contributed by atoms with Gasteiger partial charge in [0.15, 0.2) is 17.5 Å². The van der Waals surface area contributed by atoms with E-state index >= 15 is 0 Å². The van der Waals surface area contributed by atoms with Crippen LogP contribution >= 0.6 is 0 Å². The molecule has 0 aliphatic heterocycles. The van der Waals surface area contributed by atoms with E-state index in [1.807, 2.05) is 60.7 Å². The first-order valence-corrected chi connectivity index (χ1v) is 8.45. The molecular weight excluding hydrogens is 344 g/mol. The molecule has 0 amide bonds. The van der Waals surface area contributed by atoms with Gasteiger partial charge in [0.05, 0.1) is 0 Å². The lowest BCUT2D eigenvalue weighted by atomic mass is 10.1. The highest BCUT2D eigenvalue weighted by Crippen LogP contribution is 2.26. The van der Waals surface area contributed by atoms with Crippen molar-refractivity contribution in [2.45, 2.75) is 6.92 Å². The summed E-state index contributed by atoms with van der Waals surface area (Å²) in [5.41, 5.74) is 1.84. The first-order chi connectivity index (χ1) is 13.1. The molecule has 1 heterocycles. The smallest absolute Gasteiger partial charge is 0.164 e. The van der Waals surface area contributed by atoms with Gasteiger partial charge in [0.1, 0.15) is 11.6 Å². The van der Waals surface area contributed by atoms with Gasteiger partial charge in [-0.2, -0.15) is 0 Å². The Balaban J connectivity index is 1.94. The Kier molecular flexibility index (Phi) is 4.42. The molecule has 0 unspecified atom stereocenters. The lowest BCUT2D eigenvalue weighted by Crippen LogP contribution is -2.01. The van der Waals surface area contributed by atoms with E-state index in [2.05, 4.69) is 15.0 Å². The van der Waals surface area contributed by atoms with Crippen molar-refractivity contribution in [1.82, 2.24) is 15.0 Å². The minimum atomic E-state index is -0.632. The minimum absolute atomic E-state index is 0.0284. The fraction of sp³-hybridized carbons (Fsp3) is 0.0455. The molecule has 4 rings (SSSR count). The summed E-state index contributed by atoms with van der Waals surface area (Å²) < 4.78 is 28.1. The van der Waals surface area contributed by atoms with Crippen molar-refractivity contribution in [3.63, 3.8) is 0 Å². The van der Waals surface area contributed by atoms with Crippen LogP contribution in [0.1, 0.15) is 5.56 Å². The van der Waals surface area contributed by atoms with Crippen LogP contribution in [-0.4, -0.2) is 15.0 Å². The molecule has 1 aromatic heterocycles. The van der Waals surface area contributed by atoms with Gasteiger partial charge in [0.25, 0.3) is 0 Å². The highest BCUT2D eigenvalue weighted by Gasteiger charge is 2.15. The molecule has 4 aromatic rings. The molecule has 0 aliphatic rings. The molecule has 3 nitrogen and oxygen atoms in total. The predicted molar refractivity (Wildman–Crippen MR) is 101 cm³/mol. The van der Waals surface area contributed by atoms with E-state index in [1.54, 1.807) is 0 Å². The van der Waals surface area contributed by atoms with Gasteiger partial charge < -0.3 is 0 Å². The molecule has 5 heteroatoms. The zero-order valence-electron chi connectivity index (χ0n) is 14.5. The van der Waals surface area contributed by atoms with E-state index in [0.29, 0.717) is 11.6 Å². The van der Waals surface area contributed by atoms with Crippen LogP contribution in [0.15, 0.2) is 72.8 Å².